The van der Waals surface area contributed by atoms with Gasteiger partial charge in [-0.1, -0.05) is 0 Å². The molecule has 0 saturated heterocycles. The lowest BCUT2D eigenvalue weighted by molar-refractivity contribution is 0.0728. The monoisotopic (exact) mass is 312 g/mol. The number of amides is 1. The van der Waals surface area contributed by atoms with Gasteiger partial charge < -0.3 is 14.4 Å². The Morgan fingerprint density at radius 3 is 2.52 bits per heavy atom. The highest BCUT2D eigenvalue weighted by Gasteiger charge is 2.33. The molecule has 0 atom stereocenters. The van der Waals surface area contributed by atoms with E-state index in [1.807, 2.05) is 23.1 Å². The molecule has 120 valence electrons. The number of carbonyl (C=O) groups excluding carboxylic acids is 1. The lowest BCUT2D eigenvalue weighted by Gasteiger charge is -2.24. The third kappa shape index (κ3) is 3.44. The Morgan fingerprint density at radius 1 is 1.17 bits per heavy atom. The molecule has 0 aliphatic heterocycles. The van der Waals surface area contributed by atoms with E-state index in [0.717, 1.165) is 29.9 Å². The molecule has 5 nitrogen and oxygen atoms in total. The Labute approximate surface area is 135 Å². The van der Waals surface area contributed by atoms with Crippen molar-refractivity contribution in [2.24, 2.45) is 0 Å². The largest absolute Gasteiger partial charge is 0.497 e. The minimum absolute atomic E-state index is 0.0276. The van der Waals surface area contributed by atoms with Gasteiger partial charge in [-0.25, -0.2) is 0 Å². The van der Waals surface area contributed by atoms with Crippen molar-refractivity contribution >= 4 is 5.91 Å². The van der Waals surface area contributed by atoms with Crippen molar-refractivity contribution in [3.8, 4) is 11.5 Å². The van der Waals surface area contributed by atoms with E-state index in [4.69, 9.17) is 9.47 Å². The van der Waals surface area contributed by atoms with E-state index in [0.29, 0.717) is 18.2 Å². The van der Waals surface area contributed by atoms with Crippen molar-refractivity contribution in [2.75, 3.05) is 14.2 Å². The number of benzene rings is 1. The van der Waals surface area contributed by atoms with Gasteiger partial charge >= 0.3 is 0 Å². The summed E-state index contributed by atoms with van der Waals surface area (Å²) in [5.41, 5.74) is 1.61. The van der Waals surface area contributed by atoms with Crippen LogP contribution in [0.5, 0.6) is 11.5 Å². The molecule has 1 heterocycles. The van der Waals surface area contributed by atoms with Gasteiger partial charge in [0.05, 0.1) is 20.8 Å². The van der Waals surface area contributed by atoms with Crippen molar-refractivity contribution in [2.45, 2.75) is 25.4 Å². The van der Waals surface area contributed by atoms with E-state index in [9.17, 15) is 4.79 Å². The quantitative estimate of drug-likeness (QED) is 0.823. The number of methoxy groups -OCH3 is 2. The molecule has 0 N–H and O–H groups in total. The number of hydrogen-bond acceptors (Lipinski definition) is 4. The molecule has 1 saturated carbocycles. The molecular formula is C18H20N2O3. The van der Waals surface area contributed by atoms with Crippen molar-refractivity contribution < 1.29 is 14.3 Å². The maximum atomic E-state index is 12.8. The number of nitrogens with zero attached hydrogens (tertiary/aromatic N) is 2. The summed E-state index contributed by atoms with van der Waals surface area (Å²) in [5.74, 6) is 1.55. The zero-order chi connectivity index (χ0) is 16.2. The summed E-state index contributed by atoms with van der Waals surface area (Å²) >= 11 is 0. The molecule has 1 aliphatic rings. The van der Waals surface area contributed by atoms with Crippen LogP contribution in [-0.2, 0) is 6.54 Å². The molecule has 2 aromatic rings. The third-order valence-corrected chi connectivity index (χ3v) is 4.00. The summed E-state index contributed by atoms with van der Waals surface area (Å²) < 4.78 is 10.7. The van der Waals surface area contributed by atoms with Crippen LogP contribution in [0.25, 0.3) is 0 Å². The van der Waals surface area contributed by atoms with E-state index < -0.39 is 0 Å². The van der Waals surface area contributed by atoms with E-state index in [1.165, 1.54) is 0 Å². The van der Waals surface area contributed by atoms with Crippen LogP contribution in [0.1, 0.15) is 28.8 Å². The molecule has 0 unspecified atom stereocenters. The Hall–Kier alpha value is -2.56. The van der Waals surface area contributed by atoms with E-state index in [-0.39, 0.29) is 5.91 Å². The standard InChI is InChI=1S/C18H20N2O3/c1-22-16-5-6-17(23-2)14(11-16)12-20(15-3-4-15)18(21)13-7-9-19-10-8-13/h5-11,15H,3-4,12H2,1-2H3. The van der Waals surface area contributed by atoms with Crippen LogP contribution in [0.4, 0.5) is 0 Å². The zero-order valence-corrected chi connectivity index (χ0v) is 13.4. The number of ether oxygens (including phenoxy) is 2. The first-order valence-corrected chi connectivity index (χ1v) is 7.65. The SMILES string of the molecule is COc1ccc(OC)c(CN(C(=O)c2ccncc2)C2CC2)c1. The molecule has 1 aromatic heterocycles. The van der Waals surface area contributed by atoms with Crippen LogP contribution in [-0.4, -0.2) is 36.1 Å². The molecule has 0 spiro atoms. The maximum Gasteiger partial charge on any atom is 0.254 e. The smallest absolute Gasteiger partial charge is 0.254 e. The number of carbonyl (C=O) groups is 1. The molecule has 1 amide bonds. The first kappa shape index (κ1) is 15.3. The summed E-state index contributed by atoms with van der Waals surface area (Å²) in [5, 5.41) is 0. The number of pyridine rings is 1. The molecule has 0 radical (unpaired) electrons. The lowest BCUT2D eigenvalue weighted by atomic mass is 10.1. The minimum atomic E-state index is 0.0276. The molecule has 3 rings (SSSR count). The second-order valence-corrected chi connectivity index (χ2v) is 5.58. The third-order valence-electron chi connectivity index (χ3n) is 4.00. The Kier molecular flexibility index (Phi) is 4.46. The average molecular weight is 312 g/mol. The number of rotatable bonds is 6. The molecular weight excluding hydrogens is 292 g/mol. The van der Waals surface area contributed by atoms with Crippen molar-refractivity contribution in [3.05, 3.63) is 53.9 Å². The van der Waals surface area contributed by atoms with Crippen LogP contribution < -0.4 is 9.47 Å². The van der Waals surface area contributed by atoms with Gasteiger partial charge in [-0.05, 0) is 43.2 Å². The van der Waals surface area contributed by atoms with Crippen molar-refractivity contribution in [3.63, 3.8) is 0 Å². The fourth-order valence-corrected chi connectivity index (χ4v) is 2.60. The maximum absolute atomic E-state index is 12.8. The van der Waals surface area contributed by atoms with Crippen LogP contribution in [0.2, 0.25) is 0 Å². The first-order valence-electron chi connectivity index (χ1n) is 7.65. The van der Waals surface area contributed by atoms with Gasteiger partial charge in [0.25, 0.3) is 5.91 Å². The number of aromatic nitrogens is 1. The van der Waals surface area contributed by atoms with Gasteiger partial charge in [-0.3, -0.25) is 9.78 Å². The molecule has 1 fully saturated rings. The lowest BCUT2D eigenvalue weighted by Crippen LogP contribution is -2.32. The van der Waals surface area contributed by atoms with E-state index in [1.54, 1.807) is 38.7 Å². The average Bonchev–Trinajstić information content (AvgIpc) is 3.44. The highest BCUT2D eigenvalue weighted by molar-refractivity contribution is 5.94. The molecule has 23 heavy (non-hydrogen) atoms. The van der Waals surface area contributed by atoms with Crippen LogP contribution in [0, 0.1) is 0 Å². The van der Waals surface area contributed by atoms with Crippen LogP contribution in [0.15, 0.2) is 42.7 Å². The van der Waals surface area contributed by atoms with Gasteiger partial charge in [-0.15, -0.1) is 0 Å². The first-order chi connectivity index (χ1) is 11.2. The Bertz CT molecular complexity index is 684. The van der Waals surface area contributed by atoms with Gasteiger partial charge in [0.2, 0.25) is 0 Å². The molecule has 1 aromatic carbocycles. The summed E-state index contributed by atoms with van der Waals surface area (Å²) in [6.45, 7) is 0.506. The predicted molar refractivity (Wildman–Crippen MR) is 86.7 cm³/mol. The van der Waals surface area contributed by atoms with Gasteiger partial charge in [0.1, 0.15) is 11.5 Å². The Morgan fingerprint density at radius 2 is 1.91 bits per heavy atom. The molecule has 1 aliphatic carbocycles. The topological polar surface area (TPSA) is 51.7 Å². The fraction of sp³-hybridized carbons (Fsp3) is 0.333. The second kappa shape index (κ2) is 6.69. The van der Waals surface area contributed by atoms with Gasteiger partial charge in [-0.2, -0.15) is 0 Å². The van der Waals surface area contributed by atoms with Gasteiger partial charge in [0, 0.05) is 29.6 Å². The van der Waals surface area contributed by atoms with Crippen molar-refractivity contribution in [1.82, 2.24) is 9.88 Å². The van der Waals surface area contributed by atoms with Crippen molar-refractivity contribution in [1.29, 1.82) is 0 Å². The van der Waals surface area contributed by atoms with E-state index >= 15 is 0 Å². The van der Waals surface area contributed by atoms with E-state index in [2.05, 4.69) is 4.98 Å². The zero-order valence-electron chi connectivity index (χ0n) is 13.4. The summed E-state index contributed by atoms with van der Waals surface area (Å²) in [4.78, 5) is 18.7. The normalized spacial score (nSPS) is 13.5. The summed E-state index contributed by atoms with van der Waals surface area (Å²) in [6.07, 6.45) is 5.38. The second-order valence-electron chi connectivity index (χ2n) is 5.58. The van der Waals surface area contributed by atoms with Crippen LogP contribution >= 0.6 is 0 Å². The summed E-state index contributed by atoms with van der Waals surface area (Å²) in [7, 11) is 3.27. The highest BCUT2D eigenvalue weighted by atomic mass is 16.5. The minimum Gasteiger partial charge on any atom is -0.497 e. The number of hydrogen-bond donors (Lipinski definition) is 0. The Balaban J connectivity index is 1.87. The van der Waals surface area contributed by atoms with Gasteiger partial charge in [0.15, 0.2) is 0 Å². The summed E-state index contributed by atoms with van der Waals surface area (Å²) in [6, 6.07) is 9.45. The predicted octanol–water partition coefficient (Wildman–Crippen LogP) is 2.90. The molecule has 0 bridgehead atoms. The fourth-order valence-electron chi connectivity index (χ4n) is 2.60. The molecule has 5 heteroatoms. The highest BCUT2D eigenvalue weighted by Crippen LogP contribution is 2.32. The van der Waals surface area contributed by atoms with Crippen LogP contribution in [0.3, 0.4) is 0 Å².